The summed E-state index contributed by atoms with van der Waals surface area (Å²) in [6, 6.07) is 0. The molecule has 0 spiro atoms. The Hall–Kier alpha value is -1.30. The molecule has 0 aromatic carbocycles. The van der Waals surface area contributed by atoms with Crippen molar-refractivity contribution < 1.29 is 39.5 Å². The molecule has 1 aliphatic rings. The highest BCUT2D eigenvalue weighted by molar-refractivity contribution is 5.80. The zero-order chi connectivity index (χ0) is 15.4. The van der Waals surface area contributed by atoms with Crippen LogP contribution < -0.4 is 11.5 Å². The zero-order valence-electron chi connectivity index (χ0n) is 10.5. The van der Waals surface area contributed by atoms with E-state index in [9.17, 15) is 24.9 Å². The predicted molar refractivity (Wildman–Crippen MR) is 61.6 cm³/mol. The highest BCUT2D eigenvalue weighted by Crippen LogP contribution is 2.22. The Morgan fingerprint density at radius 3 is 2.30 bits per heavy atom. The first-order valence-electron chi connectivity index (χ1n) is 5.82. The van der Waals surface area contributed by atoms with Gasteiger partial charge >= 0.3 is 0 Å². The number of rotatable bonds is 5. The summed E-state index contributed by atoms with van der Waals surface area (Å²) in [6.07, 6.45) is -9.66. The van der Waals surface area contributed by atoms with E-state index in [0.29, 0.717) is 0 Å². The second-order valence-electron chi connectivity index (χ2n) is 4.40. The normalized spacial score (nSPS) is 36.1. The Balaban J connectivity index is 2.88. The highest BCUT2D eigenvalue weighted by Gasteiger charge is 2.42. The second kappa shape index (κ2) is 6.92. The largest absolute Gasteiger partial charge is 0.393 e. The standard InChI is InChI=1S/C10H18N2O8/c11-8(17)5(2-13)19-10-4(15)1-3(14)6(16)7(20-10)9(12)18/h3-7,10,13-16H,1-2H2,(H2,11,17)(H2,12,18)/t3?,4?,5?,6-,7?,10-/m0/s1. The average molecular weight is 294 g/mol. The van der Waals surface area contributed by atoms with Crippen molar-refractivity contribution in [2.45, 2.75) is 43.2 Å². The molecule has 1 aliphatic heterocycles. The first-order chi connectivity index (χ1) is 9.27. The van der Waals surface area contributed by atoms with Crippen molar-refractivity contribution in [1.29, 1.82) is 0 Å². The van der Waals surface area contributed by atoms with E-state index < -0.39 is 55.2 Å². The van der Waals surface area contributed by atoms with Crippen LogP contribution in [0, 0.1) is 0 Å². The first-order valence-corrected chi connectivity index (χ1v) is 5.82. The molecule has 116 valence electrons. The van der Waals surface area contributed by atoms with Crippen LogP contribution in [0.2, 0.25) is 0 Å². The third-order valence-electron chi connectivity index (χ3n) is 2.84. The molecule has 0 aromatic heterocycles. The first kappa shape index (κ1) is 16.8. The van der Waals surface area contributed by atoms with Crippen molar-refractivity contribution in [1.82, 2.24) is 0 Å². The summed E-state index contributed by atoms with van der Waals surface area (Å²) in [5.74, 6) is -2.09. The molecular weight excluding hydrogens is 276 g/mol. The Bertz CT molecular complexity index is 365. The molecule has 10 heteroatoms. The van der Waals surface area contributed by atoms with Crippen molar-refractivity contribution in [3.8, 4) is 0 Å². The molecule has 0 radical (unpaired) electrons. The van der Waals surface area contributed by atoms with Crippen molar-refractivity contribution >= 4 is 11.8 Å². The van der Waals surface area contributed by atoms with Crippen LogP contribution in [0.15, 0.2) is 0 Å². The maximum atomic E-state index is 11.2. The molecule has 2 amide bonds. The van der Waals surface area contributed by atoms with Gasteiger partial charge in [0.05, 0.1) is 12.7 Å². The van der Waals surface area contributed by atoms with Crippen molar-refractivity contribution in [3.63, 3.8) is 0 Å². The summed E-state index contributed by atoms with van der Waals surface area (Å²) < 4.78 is 9.92. The fraction of sp³-hybridized carbons (Fsp3) is 0.800. The monoisotopic (exact) mass is 294 g/mol. The number of hydrogen-bond donors (Lipinski definition) is 6. The number of hydrogen-bond acceptors (Lipinski definition) is 8. The minimum absolute atomic E-state index is 0.382. The fourth-order valence-corrected chi connectivity index (χ4v) is 1.74. The quantitative estimate of drug-likeness (QED) is 0.293. The van der Waals surface area contributed by atoms with Gasteiger partial charge in [-0.25, -0.2) is 0 Å². The average Bonchev–Trinajstić information content (AvgIpc) is 2.46. The van der Waals surface area contributed by atoms with Crippen LogP contribution in [-0.2, 0) is 19.1 Å². The molecule has 1 heterocycles. The third kappa shape index (κ3) is 3.85. The molecule has 0 bridgehead atoms. The van der Waals surface area contributed by atoms with Gasteiger partial charge in [0.2, 0.25) is 11.8 Å². The van der Waals surface area contributed by atoms with E-state index in [1.807, 2.05) is 0 Å². The van der Waals surface area contributed by atoms with Gasteiger partial charge in [0.25, 0.3) is 0 Å². The summed E-state index contributed by atoms with van der Waals surface area (Å²) in [5, 5.41) is 37.9. The Morgan fingerprint density at radius 1 is 1.25 bits per heavy atom. The lowest BCUT2D eigenvalue weighted by Gasteiger charge is -2.26. The number of primary amides is 2. The Kier molecular flexibility index (Phi) is 5.80. The van der Waals surface area contributed by atoms with E-state index in [1.54, 1.807) is 0 Å². The number of aliphatic hydroxyl groups is 4. The molecule has 0 aromatic rings. The highest BCUT2D eigenvalue weighted by atomic mass is 16.7. The molecule has 6 atom stereocenters. The smallest absolute Gasteiger partial charge is 0.249 e. The second-order valence-corrected chi connectivity index (χ2v) is 4.40. The lowest BCUT2D eigenvalue weighted by molar-refractivity contribution is -0.235. The number of nitrogens with two attached hydrogens (primary N) is 2. The van der Waals surface area contributed by atoms with Crippen LogP contribution in [-0.4, -0.2) is 75.7 Å². The maximum absolute atomic E-state index is 11.2. The van der Waals surface area contributed by atoms with Gasteiger partial charge in [0, 0.05) is 6.42 Å². The summed E-state index contributed by atoms with van der Waals surface area (Å²) in [5.41, 5.74) is 9.95. The topological polar surface area (TPSA) is 186 Å². The van der Waals surface area contributed by atoms with Gasteiger partial charge in [-0.2, -0.15) is 0 Å². The summed E-state index contributed by atoms with van der Waals surface area (Å²) in [6.45, 7) is -0.770. The SMILES string of the molecule is NC(=O)C(CO)O[C@H]1OC(C(N)=O)[C@@H](O)C(O)CC1O. The van der Waals surface area contributed by atoms with Crippen molar-refractivity contribution in [2.75, 3.05) is 6.61 Å². The number of carbonyl (C=O) groups is 2. The molecule has 0 aliphatic carbocycles. The van der Waals surface area contributed by atoms with E-state index in [1.165, 1.54) is 0 Å². The van der Waals surface area contributed by atoms with Crippen LogP contribution in [0.4, 0.5) is 0 Å². The number of amides is 2. The van der Waals surface area contributed by atoms with E-state index in [-0.39, 0.29) is 6.42 Å². The van der Waals surface area contributed by atoms with E-state index in [4.69, 9.17) is 26.0 Å². The van der Waals surface area contributed by atoms with Gasteiger partial charge in [-0.3, -0.25) is 9.59 Å². The van der Waals surface area contributed by atoms with Gasteiger partial charge in [0.15, 0.2) is 18.5 Å². The van der Waals surface area contributed by atoms with Crippen LogP contribution >= 0.6 is 0 Å². The lowest BCUT2D eigenvalue weighted by atomic mass is 10.0. The molecule has 1 rings (SSSR count). The van der Waals surface area contributed by atoms with Crippen LogP contribution in [0.25, 0.3) is 0 Å². The van der Waals surface area contributed by atoms with Gasteiger partial charge in [-0.1, -0.05) is 0 Å². The molecule has 8 N–H and O–H groups in total. The summed E-state index contributed by atoms with van der Waals surface area (Å²) in [7, 11) is 0. The summed E-state index contributed by atoms with van der Waals surface area (Å²) >= 11 is 0. The van der Waals surface area contributed by atoms with Crippen molar-refractivity contribution in [2.24, 2.45) is 11.5 Å². The predicted octanol–water partition coefficient (Wildman–Crippen LogP) is -4.47. The van der Waals surface area contributed by atoms with E-state index in [0.717, 1.165) is 0 Å². The summed E-state index contributed by atoms with van der Waals surface area (Å²) in [4.78, 5) is 22.1. The molecule has 0 saturated carbocycles. The lowest BCUT2D eigenvalue weighted by Crippen LogP contribution is -2.48. The molecule has 4 unspecified atom stereocenters. The van der Waals surface area contributed by atoms with E-state index >= 15 is 0 Å². The van der Waals surface area contributed by atoms with Crippen molar-refractivity contribution in [3.05, 3.63) is 0 Å². The molecular formula is C10H18N2O8. The molecule has 1 fully saturated rings. The molecule has 20 heavy (non-hydrogen) atoms. The van der Waals surface area contributed by atoms with Gasteiger partial charge in [0.1, 0.15) is 12.2 Å². The van der Waals surface area contributed by atoms with Crippen LogP contribution in [0.3, 0.4) is 0 Å². The minimum Gasteiger partial charge on any atom is -0.393 e. The molecule has 1 saturated heterocycles. The Labute approximate surface area is 113 Å². The number of ether oxygens (including phenoxy) is 2. The Morgan fingerprint density at radius 2 is 1.85 bits per heavy atom. The maximum Gasteiger partial charge on any atom is 0.249 e. The number of aliphatic hydroxyl groups excluding tert-OH is 4. The van der Waals surface area contributed by atoms with E-state index in [2.05, 4.69) is 0 Å². The third-order valence-corrected chi connectivity index (χ3v) is 2.84. The minimum atomic E-state index is -1.66. The van der Waals surface area contributed by atoms with Crippen LogP contribution in [0.5, 0.6) is 0 Å². The number of carbonyl (C=O) groups excluding carboxylic acids is 2. The zero-order valence-corrected chi connectivity index (χ0v) is 10.5. The fourth-order valence-electron chi connectivity index (χ4n) is 1.74. The van der Waals surface area contributed by atoms with Crippen LogP contribution in [0.1, 0.15) is 6.42 Å². The molecule has 10 nitrogen and oxygen atoms in total. The van der Waals surface area contributed by atoms with Gasteiger partial charge in [-0.15, -0.1) is 0 Å². The van der Waals surface area contributed by atoms with Gasteiger partial charge < -0.3 is 41.4 Å². The van der Waals surface area contributed by atoms with Gasteiger partial charge in [-0.05, 0) is 0 Å².